The van der Waals surface area contributed by atoms with Crippen LogP contribution in [0.1, 0.15) is 44.7 Å². The Morgan fingerprint density at radius 2 is 2.11 bits per heavy atom. The molecule has 3 nitrogen and oxygen atoms in total. The fraction of sp³-hybridized carbons (Fsp3) is 0.533. The van der Waals surface area contributed by atoms with E-state index in [1.807, 2.05) is 45.9 Å². The third-order valence-electron chi connectivity index (χ3n) is 3.11. The van der Waals surface area contributed by atoms with Crippen molar-refractivity contribution in [2.75, 3.05) is 0 Å². The van der Waals surface area contributed by atoms with E-state index in [1.54, 1.807) is 0 Å². The lowest BCUT2D eigenvalue weighted by atomic mass is 9.92. The number of carbonyl (C=O) groups excluding carboxylic acids is 1. The average molecular weight is 248 g/mol. The van der Waals surface area contributed by atoms with E-state index in [0.717, 1.165) is 18.4 Å². The zero-order valence-electron chi connectivity index (χ0n) is 11.8. The lowest BCUT2D eigenvalue weighted by Gasteiger charge is -2.28. The Morgan fingerprint density at radius 3 is 2.67 bits per heavy atom. The van der Waals surface area contributed by atoms with Gasteiger partial charge in [-0.25, -0.2) is 0 Å². The summed E-state index contributed by atoms with van der Waals surface area (Å²) in [6.07, 6.45) is 1.63. The van der Waals surface area contributed by atoms with Crippen molar-refractivity contribution in [2.45, 2.75) is 52.1 Å². The van der Waals surface area contributed by atoms with Gasteiger partial charge in [0.1, 0.15) is 0 Å². The third-order valence-corrected chi connectivity index (χ3v) is 3.11. The summed E-state index contributed by atoms with van der Waals surface area (Å²) in [5, 5.41) is 3.02. The van der Waals surface area contributed by atoms with Crippen molar-refractivity contribution in [3.8, 4) is 0 Å². The lowest BCUT2D eigenvalue weighted by Crippen LogP contribution is -2.48. The third kappa shape index (κ3) is 3.84. The molecule has 0 saturated heterocycles. The fourth-order valence-corrected chi connectivity index (χ4v) is 1.95. The molecule has 0 spiro atoms. The number of rotatable bonds is 5. The van der Waals surface area contributed by atoms with Crippen molar-refractivity contribution < 1.29 is 4.79 Å². The van der Waals surface area contributed by atoms with E-state index in [9.17, 15) is 4.79 Å². The van der Waals surface area contributed by atoms with Gasteiger partial charge in [0.25, 0.3) is 0 Å². The Hall–Kier alpha value is -1.35. The smallest absolute Gasteiger partial charge is 0.237 e. The summed E-state index contributed by atoms with van der Waals surface area (Å²) in [6, 6.07) is 7.75. The molecular weight excluding hydrogens is 224 g/mol. The van der Waals surface area contributed by atoms with Crippen LogP contribution < -0.4 is 11.1 Å². The van der Waals surface area contributed by atoms with Crippen molar-refractivity contribution in [3.63, 3.8) is 0 Å². The van der Waals surface area contributed by atoms with Crippen LogP contribution in [0, 0.1) is 6.92 Å². The van der Waals surface area contributed by atoms with Crippen LogP contribution in [0.25, 0.3) is 0 Å². The second-order valence-electron chi connectivity index (χ2n) is 5.38. The van der Waals surface area contributed by atoms with Crippen molar-refractivity contribution in [1.82, 2.24) is 5.32 Å². The molecule has 0 bridgehead atoms. The molecule has 0 radical (unpaired) electrons. The van der Waals surface area contributed by atoms with E-state index < -0.39 is 11.6 Å². The molecule has 0 aliphatic heterocycles. The molecule has 1 aromatic rings. The van der Waals surface area contributed by atoms with Crippen LogP contribution in [-0.2, 0) is 10.3 Å². The first-order valence-electron chi connectivity index (χ1n) is 6.51. The first-order chi connectivity index (χ1) is 8.36. The van der Waals surface area contributed by atoms with Crippen LogP contribution in [0.4, 0.5) is 0 Å². The van der Waals surface area contributed by atoms with Gasteiger partial charge in [0, 0.05) is 0 Å². The molecular formula is C15H24N2O. The number of nitrogens with two attached hydrogens (primary N) is 1. The van der Waals surface area contributed by atoms with E-state index in [0.29, 0.717) is 0 Å². The van der Waals surface area contributed by atoms with Crippen LogP contribution in [0.2, 0.25) is 0 Å². The zero-order chi connectivity index (χ0) is 13.8. The SMILES string of the molecule is CCCC(N)C(=O)NC(C)(C)c1cccc(C)c1. The lowest BCUT2D eigenvalue weighted by molar-refractivity contribution is -0.124. The van der Waals surface area contributed by atoms with Gasteiger partial charge in [-0.3, -0.25) is 4.79 Å². The first-order valence-corrected chi connectivity index (χ1v) is 6.51. The summed E-state index contributed by atoms with van der Waals surface area (Å²) >= 11 is 0. The summed E-state index contributed by atoms with van der Waals surface area (Å²) in [7, 11) is 0. The molecule has 0 fully saturated rings. The molecule has 0 heterocycles. The minimum Gasteiger partial charge on any atom is -0.346 e. The molecule has 0 aromatic heterocycles. The number of aryl methyl sites for hydroxylation is 1. The van der Waals surface area contributed by atoms with Gasteiger partial charge in [0.2, 0.25) is 5.91 Å². The zero-order valence-corrected chi connectivity index (χ0v) is 11.8. The van der Waals surface area contributed by atoms with Gasteiger partial charge in [0.05, 0.1) is 11.6 Å². The molecule has 3 N–H and O–H groups in total. The van der Waals surface area contributed by atoms with Gasteiger partial charge >= 0.3 is 0 Å². The van der Waals surface area contributed by atoms with Crippen molar-refractivity contribution >= 4 is 5.91 Å². The molecule has 0 saturated carbocycles. The van der Waals surface area contributed by atoms with Gasteiger partial charge < -0.3 is 11.1 Å². The summed E-state index contributed by atoms with van der Waals surface area (Å²) in [5.41, 5.74) is 7.72. The normalized spacial score (nSPS) is 13.2. The minimum atomic E-state index is -0.418. The van der Waals surface area contributed by atoms with Crippen molar-refractivity contribution in [3.05, 3.63) is 35.4 Å². The Labute approximate surface area is 110 Å². The summed E-state index contributed by atoms with van der Waals surface area (Å²) in [5.74, 6) is -0.0802. The molecule has 100 valence electrons. The maximum atomic E-state index is 12.0. The van der Waals surface area contributed by atoms with Crippen molar-refractivity contribution in [1.29, 1.82) is 0 Å². The Kier molecular flexibility index (Phi) is 4.91. The molecule has 1 rings (SSSR count). The molecule has 1 atom stereocenters. The standard InChI is InChI=1S/C15H24N2O/c1-5-7-13(16)14(18)17-15(3,4)12-9-6-8-11(2)10-12/h6,8-10,13H,5,7,16H2,1-4H3,(H,17,18). The van der Waals surface area contributed by atoms with Crippen LogP contribution in [0.3, 0.4) is 0 Å². The van der Waals surface area contributed by atoms with E-state index in [4.69, 9.17) is 5.73 Å². The number of benzene rings is 1. The van der Waals surface area contributed by atoms with Gasteiger partial charge in [-0.05, 0) is 32.8 Å². The molecule has 0 aliphatic rings. The van der Waals surface area contributed by atoms with Gasteiger partial charge in [-0.15, -0.1) is 0 Å². The molecule has 1 unspecified atom stereocenters. The van der Waals surface area contributed by atoms with E-state index in [2.05, 4.69) is 11.4 Å². The van der Waals surface area contributed by atoms with Crippen LogP contribution in [0.15, 0.2) is 24.3 Å². The summed E-state index contributed by atoms with van der Waals surface area (Å²) in [4.78, 5) is 12.0. The number of hydrogen-bond acceptors (Lipinski definition) is 2. The predicted octanol–water partition coefficient (Wildman–Crippen LogP) is 2.47. The number of amides is 1. The Bertz CT molecular complexity index is 413. The van der Waals surface area contributed by atoms with Crippen LogP contribution >= 0.6 is 0 Å². The Morgan fingerprint density at radius 1 is 1.44 bits per heavy atom. The predicted molar refractivity (Wildman–Crippen MR) is 75.2 cm³/mol. The quantitative estimate of drug-likeness (QED) is 0.841. The number of carbonyl (C=O) groups is 1. The van der Waals surface area contributed by atoms with E-state index in [-0.39, 0.29) is 5.91 Å². The van der Waals surface area contributed by atoms with Crippen LogP contribution in [-0.4, -0.2) is 11.9 Å². The highest BCUT2D eigenvalue weighted by molar-refractivity contribution is 5.82. The first kappa shape index (κ1) is 14.7. The second kappa shape index (κ2) is 6.01. The minimum absolute atomic E-state index is 0.0802. The summed E-state index contributed by atoms with van der Waals surface area (Å²) in [6.45, 7) is 8.07. The Balaban J connectivity index is 2.78. The largest absolute Gasteiger partial charge is 0.346 e. The maximum absolute atomic E-state index is 12.0. The second-order valence-corrected chi connectivity index (χ2v) is 5.38. The highest BCUT2D eigenvalue weighted by Gasteiger charge is 2.25. The average Bonchev–Trinajstić information content (AvgIpc) is 2.28. The molecule has 1 aromatic carbocycles. The van der Waals surface area contributed by atoms with E-state index in [1.165, 1.54) is 5.56 Å². The summed E-state index contributed by atoms with van der Waals surface area (Å²) < 4.78 is 0. The number of nitrogens with one attached hydrogen (secondary N) is 1. The highest BCUT2D eigenvalue weighted by atomic mass is 16.2. The molecule has 0 aliphatic carbocycles. The molecule has 1 amide bonds. The fourth-order valence-electron chi connectivity index (χ4n) is 1.95. The van der Waals surface area contributed by atoms with Gasteiger partial charge in [-0.1, -0.05) is 43.2 Å². The van der Waals surface area contributed by atoms with E-state index >= 15 is 0 Å². The number of hydrogen-bond donors (Lipinski definition) is 2. The van der Waals surface area contributed by atoms with Gasteiger partial charge in [-0.2, -0.15) is 0 Å². The molecule has 3 heteroatoms. The van der Waals surface area contributed by atoms with Crippen LogP contribution in [0.5, 0.6) is 0 Å². The van der Waals surface area contributed by atoms with Crippen molar-refractivity contribution in [2.24, 2.45) is 5.73 Å². The van der Waals surface area contributed by atoms with Gasteiger partial charge in [0.15, 0.2) is 0 Å². The molecule has 18 heavy (non-hydrogen) atoms. The topological polar surface area (TPSA) is 55.1 Å². The highest BCUT2D eigenvalue weighted by Crippen LogP contribution is 2.21. The maximum Gasteiger partial charge on any atom is 0.237 e. The monoisotopic (exact) mass is 248 g/mol.